The molecule has 1 unspecified atom stereocenters. The first-order valence-electron chi connectivity index (χ1n) is 13.3. The fourth-order valence-electron chi connectivity index (χ4n) is 4.76. The molecule has 0 bridgehead atoms. The van der Waals surface area contributed by atoms with Crippen molar-refractivity contribution in [3.8, 4) is 11.5 Å². The van der Waals surface area contributed by atoms with Crippen LogP contribution in [-0.2, 0) is 22.7 Å². The van der Waals surface area contributed by atoms with Crippen molar-refractivity contribution in [2.45, 2.75) is 32.0 Å². The number of urea groups is 1. The first-order valence-corrected chi connectivity index (χ1v) is 13.3. The Morgan fingerprint density at radius 3 is 2.29 bits per heavy atom. The van der Waals surface area contributed by atoms with Crippen molar-refractivity contribution in [3.63, 3.8) is 0 Å². The second-order valence-corrected chi connectivity index (χ2v) is 9.55. The highest BCUT2D eigenvalue weighted by Gasteiger charge is 2.24. The van der Waals surface area contributed by atoms with Gasteiger partial charge in [-0.2, -0.15) is 0 Å². The number of nitrogens with zero attached hydrogens (tertiary/aromatic N) is 1. The second-order valence-electron chi connectivity index (χ2n) is 9.55. The van der Waals surface area contributed by atoms with E-state index in [0.717, 1.165) is 30.5 Å². The van der Waals surface area contributed by atoms with Gasteiger partial charge in [0.2, 0.25) is 0 Å². The van der Waals surface area contributed by atoms with Crippen LogP contribution in [0.4, 0.5) is 21.9 Å². The number of para-hydroxylation sites is 2. The van der Waals surface area contributed by atoms with Gasteiger partial charge in [0.15, 0.2) is 0 Å². The van der Waals surface area contributed by atoms with E-state index in [1.165, 1.54) is 20.3 Å². The summed E-state index contributed by atoms with van der Waals surface area (Å²) in [5, 5.41) is 20.3. The molecule has 3 aromatic carbocycles. The summed E-state index contributed by atoms with van der Waals surface area (Å²) in [4.78, 5) is 40.2. The molecule has 1 fully saturated rings. The molecule has 1 atom stereocenters. The van der Waals surface area contributed by atoms with Crippen LogP contribution >= 0.6 is 0 Å². The topological polar surface area (TPSA) is 141 Å². The second kappa shape index (κ2) is 14.1. The molecule has 1 heterocycles. The van der Waals surface area contributed by atoms with E-state index < -0.39 is 17.8 Å². The van der Waals surface area contributed by atoms with E-state index in [1.807, 2.05) is 24.3 Å². The smallest absolute Gasteiger partial charge is 0.323 e. The molecule has 11 heteroatoms. The summed E-state index contributed by atoms with van der Waals surface area (Å²) in [7, 11) is 2.96. The van der Waals surface area contributed by atoms with Crippen LogP contribution in [0.1, 0.15) is 24.0 Å². The molecule has 216 valence electrons. The first kappa shape index (κ1) is 29.4. The van der Waals surface area contributed by atoms with Crippen LogP contribution in [0.15, 0.2) is 66.7 Å². The van der Waals surface area contributed by atoms with Crippen molar-refractivity contribution in [2.24, 2.45) is 0 Å². The monoisotopic (exact) mass is 561 g/mol. The molecule has 0 aromatic heterocycles. The molecule has 11 nitrogen and oxygen atoms in total. The van der Waals surface area contributed by atoms with Crippen molar-refractivity contribution in [1.82, 2.24) is 10.2 Å². The van der Waals surface area contributed by atoms with Crippen molar-refractivity contribution < 1.29 is 29.0 Å². The van der Waals surface area contributed by atoms with Crippen molar-refractivity contribution >= 4 is 34.9 Å². The molecule has 0 saturated carbocycles. The lowest BCUT2D eigenvalue weighted by Crippen LogP contribution is -2.35. The summed E-state index contributed by atoms with van der Waals surface area (Å²) in [6, 6.07) is 18.9. The summed E-state index contributed by atoms with van der Waals surface area (Å²) >= 11 is 0. The maximum atomic E-state index is 12.7. The predicted molar refractivity (Wildman–Crippen MR) is 156 cm³/mol. The number of amides is 4. The number of benzene rings is 3. The molecule has 4 rings (SSSR count). The van der Waals surface area contributed by atoms with E-state index in [0.29, 0.717) is 29.4 Å². The minimum Gasteiger partial charge on any atom is -0.495 e. The number of anilines is 3. The third-order valence-electron chi connectivity index (χ3n) is 6.91. The molecule has 0 aliphatic carbocycles. The van der Waals surface area contributed by atoms with Gasteiger partial charge in [0.25, 0.3) is 0 Å². The Bertz CT molecular complexity index is 1380. The van der Waals surface area contributed by atoms with Crippen LogP contribution in [0.25, 0.3) is 0 Å². The number of aliphatic hydroxyl groups is 1. The standard InChI is InChI=1S/C30H35N5O6/c1-40-26-12-6-5-11-24(26)33-30(39)34-25-16-22(13-14-27(25)41-2)32-29(38)28(37)31-17-20-8-3-4-9-21(20)18-35-15-7-10-23(35)19-36/h3-6,8-9,11-14,16,23,36H,7,10,15,17-19H2,1-2H3,(H,31,37)(H,32,38)(H2,33,34,39). The summed E-state index contributed by atoms with van der Waals surface area (Å²) < 4.78 is 10.6. The minimum atomic E-state index is -0.850. The molecule has 0 spiro atoms. The van der Waals surface area contributed by atoms with Crippen molar-refractivity contribution in [3.05, 3.63) is 77.9 Å². The highest BCUT2D eigenvalue weighted by molar-refractivity contribution is 6.39. The van der Waals surface area contributed by atoms with E-state index in [-0.39, 0.29) is 24.9 Å². The van der Waals surface area contributed by atoms with Gasteiger partial charge in [0, 0.05) is 24.8 Å². The van der Waals surface area contributed by atoms with Crippen LogP contribution in [0.3, 0.4) is 0 Å². The Kier molecular flexibility index (Phi) is 10.1. The number of rotatable bonds is 10. The Morgan fingerprint density at radius 2 is 1.54 bits per heavy atom. The molecule has 41 heavy (non-hydrogen) atoms. The molecule has 1 aliphatic rings. The number of nitrogens with one attached hydrogen (secondary N) is 4. The van der Waals surface area contributed by atoms with Crippen molar-refractivity contribution in [1.29, 1.82) is 0 Å². The summed E-state index contributed by atoms with van der Waals surface area (Å²) in [6.45, 7) is 1.87. The normalized spacial score (nSPS) is 14.7. The van der Waals surface area contributed by atoms with Gasteiger partial charge in [-0.1, -0.05) is 36.4 Å². The van der Waals surface area contributed by atoms with Crippen LogP contribution in [0.2, 0.25) is 0 Å². The van der Waals surface area contributed by atoms with E-state index >= 15 is 0 Å². The fraction of sp³-hybridized carbons (Fsp3) is 0.300. The maximum Gasteiger partial charge on any atom is 0.323 e. The van der Waals surface area contributed by atoms with Crippen LogP contribution in [0.5, 0.6) is 11.5 Å². The summed E-state index contributed by atoms with van der Waals surface area (Å²) in [5.41, 5.74) is 2.99. The fourth-order valence-corrected chi connectivity index (χ4v) is 4.76. The Hall–Kier alpha value is -4.61. The number of likely N-dealkylation sites (tertiary alicyclic amines) is 1. The van der Waals surface area contributed by atoms with E-state index in [9.17, 15) is 19.5 Å². The molecule has 1 saturated heterocycles. The average Bonchev–Trinajstić information content (AvgIpc) is 3.44. The Labute approximate surface area is 238 Å². The van der Waals surface area contributed by atoms with E-state index in [2.05, 4.69) is 26.2 Å². The number of carbonyl (C=O) groups excluding carboxylic acids is 3. The zero-order valence-corrected chi connectivity index (χ0v) is 23.1. The van der Waals surface area contributed by atoms with Crippen LogP contribution in [-0.4, -0.2) is 61.3 Å². The van der Waals surface area contributed by atoms with Crippen molar-refractivity contribution in [2.75, 3.05) is 43.3 Å². The number of ether oxygens (including phenoxy) is 2. The molecule has 3 aromatic rings. The SMILES string of the molecule is COc1ccccc1NC(=O)Nc1cc(NC(=O)C(=O)NCc2ccccc2CN2CCCC2CO)ccc1OC. The lowest BCUT2D eigenvalue weighted by molar-refractivity contribution is -0.136. The number of hydrogen-bond donors (Lipinski definition) is 5. The molecule has 1 aliphatic heterocycles. The largest absolute Gasteiger partial charge is 0.495 e. The van der Waals surface area contributed by atoms with Gasteiger partial charge in [-0.15, -0.1) is 0 Å². The van der Waals surface area contributed by atoms with Gasteiger partial charge in [-0.25, -0.2) is 4.79 Å². The third kappa shape index (κ3) is 7.74. The van der Waals surface area contributed by atoms with Gasteiger partial charge < -0.3 is 35.8 Å². The van der Waals surface area contributed by atoms with Gasteiger partial charge >= 0.3 is 17.8 Å². The Morgan fingerprint density at radius 1 is 0.854 bits per heavy atom. The zero-order chi connectivity index (χ0) is 29.2. The lowest BCUT2D eigenvalue weighted by atomic mass is 10.1. The summed E-state index contributed by atoms with van der Waals surface area (Å²) in [6.07, 6.45) is 2.00. The van der Waals surface area contributed by atoms with Gasteiger partial charge in [-0.3, -0.25) is 14.5 Å². The first-order chi connectivity index (χ1) is 19.9. The van der Waals surface area contributed by atoms with Crippen LogP contribution < -0.4 is 30.7 Å². The molecule has 0 radical (unpaired) electrons. The lowest BCUT2D eigenvalue weighted by Gasteiger charge is -2.24. The number of hydrogen-bond acceptors (Lipinski definition) is 7. The Balaban J connectivity index is 1.36. The highest BCUT2D eigenvalue weighted by Crippen LogP contribution is 2.29. The molecule has 4 amide bonds. The van der Waals surface area contributed by atoms with E-state index in [4.69, 9.17) is 9.47 Å². The molecular weight excluding hydrogens is 526 g/mol. The van der Waals surface area contributed by atoms with Gasteiger partial charge in [0.1, 0.15) is 11.5 Å². The number of methoxy groups -OCH3 is 2. The van der Waals surface area contributed by atoms with Gasteiger partial charge in [-0.05, 0) is 60.8 Å². The van der Waals surface area contributed by atoms with E-state index in [1.54, 1.807) is 36.4 Å². The number of carbonyl (C=O) groups is 3. The maximum absolute atomic E-state index is 12.7. The minimum absolute atomic E-state index is 0.119. The predicted octanol–water partition coefficient (Wildman–Crippen LogP) is 3.56. The zero-order valence-electron chi connectivity index (χ0n) is 23.1. The summed E-state index contributed by atoms with van der Waals surface area (Å²) in [5.74, 6) is -0.791. The highest BCUT2D eigenvalue weighted by atomic mass is 16.5. The van der Waals surface area contributed by atoms with Crippen LogP contribution in [0, 0.1) is 0 Å². The van der Waals surface area contributed by atoms with Gasteiger partial charge in [0.05, 0.1) is 32.2 Å². The third-order valence-corrected chi connectivity index (χ3v) is 6.91. The molecule has 5 N–H and O–H groups in total. The quantitative estimate of drug-likeness (QED) is 0.238. The number of aliphatic hydroxyl groups excluding tert-OH is 1. The molecular formula is C30H35N5O6. The average molecular weight is 562 g/mol.